The SMILES string of the molecule is COc1cccc(F)c1C(=O)N(CC#N)C1CCCC1. The molecular weight excluding hydrogens is 259 g/mol. The van der Waals surface area contributed by atoms with Crippen molar-refractivity contribution >= 4 is 5.91 Å². The Morgan fingerprint density at radius 3 is 2.80 bits per heavy atom. The highest BCUT2D eigenvalue weighted by Gasteiger charge is 2.30. The first kappa shape index (κ1) is 14.3. The van der Waals surface area contributed by atoms with E-state index < -0.39 is 11.7 Å². The molecule has 1 fully saturated rings. The summed E-state index contributed by atoms with van der Waals surface area (Å²) in [6.45, 7) is -0.0268. The molecule has 0 heterocycles. The molecule has 106 valence electrons. The number of methoxy groups -OCH3 is 1. The van der Waals surface area contributed by atoms with Gasteiger partial charge in [-0.05, 0) is 25.0 Å². The summed E-state index contributed by atoms with van der Waals surface area (Å²) in [7, 11) is 1.40. The number of nitriles is 1. The van der Waals surface area contributed by atoms with Crippen LogP contribution in [0, 0.1) is 17.1 Å². The molecule has 0 aromatic heterocycles. The van der Waals surface area contributed by atoms with E-state index in [1.54, 1.807) is 6.07 Å². The first-order chi connectivity index (χ1) is 9.69. The largest absolute Gasteiger partial charge is 0.496 e. The smallest absolute Gasteiger partial charge is 0.261 e. The van der Waals surface area contributed by atoms with E-state index in [2.05, 4.69) is 0 Å². The summed E-state index contributed by atoms with van der Waals surface area (Å²) >= 11 is 0. The van der Waals surface area contributed by atoms with Gasteiger partial charge < -0.3 is 9.64 Å². The van der Waals surface area contributed by atoms with Crippen LogP contribution in [0.5, 0.6) is 5.75 Å². The van der Waals surface area contributed by atoms with Crippen LogP contribution in [0.3, 0.4) is 0 Å². The second kappa shape index (κ2) is 6.38. The molecule has 2 rings (SSSR count). The maximum atomic E-state index is 14.0. The Bertz CT molecular complexity index is 533. The lowest BCUT2D eigenvalue weighted by atomic mass is 10.1. The molecule has 1 aliphatic carbocycles. The summed E-state index contributed by atoms with van der Waals surface area (Å²) in [6.07, 6.45) is 3.80. The number of hydrogen-bond acceptors (Lipinski definition) is 3. The molecule has 0 bridgehead atoms. The van der Waals surface area contributed by atoms with Crippen LogP contribution in [0.1, 0.15) is 36.0 Å². The highest BCUT2D eigenvalue weighted by molar-refractivity contribution is 5.97. The Balaban J connectivity index is 2.34. The first-order valence-corrected chi connectivity index (χ1v) is 6.69. The Kier molecular flexibility index (Phi) is 4.57. The Morgan fingerprint density at radius 2 is 2.20 bits per heavy atom. The molecule has 1 amide bonds. The highest BCUT2D eigenvalue weighted by atomic mass is 19.1. The van der Waals surface area contributed by atoms with Gasteiger partial charge in [0.1, 0.15) is 23.7 Å². The van der Waals surface area contributed by atoms with E-state index in [-0.39, 0.29) is 23.9 Å². The van der Waals surface area contributed by atoms with E-state index in [1.807, 2.05) is 6.07 Å². The van der Waals surface area contributed by atoms with Crippen molar-refractivity contribution in [1.82, 2.24) is 4.90 Å². The van der Waals surface area contributed by atoms with Crippen molar-refractivity contribution in [2.24, 2.45) is 0 Å². The van der Waals surface area contributed by atoms with Crippen molar-refractivity contribution in [3.8, 4) is 11.8 Å². The Labute approximate surface area is 117 Å². The van der Waals surface area contributed by atoms with Crippen LogP contribution in [0.4, 0.5) is 4.39 Å². The van der Waals surface area contributed by atoms with Crippen molar-refractivity contribution in [2.75, 3.05) is 13.7 Å². The fourth-order valence-electron chi connectivity index (χ4n) is 2.68. The molecule has 0 atom stereocenters. The number of carbonyl (C=O) groups is 1. The summed E-state index contributed by atoms with van der Waals surface area (Å²) in [5, 5.41) is 8.92. The van der Waals surface area contributed by atoms with Gasteiger partial charge in [-0.1, -0.05) is 18.9 Å². The molecule has 0 N–H and O–H groups in total. The lowest BCUT2D eigenvalue weighted by Gasteiger charge is -2.27. The molecule has 5 heteroatoms. The number of amides is 1. The number of rotatable bonds is 4. The normalized spacial score (nSPS) is 14.8. The van der Waals surface area contributed by atoms with Crippen LogP contribution in [-0.4, -0.2) is 30.5 Å². The maximum absolute atomic E-state index is 14.0. The van der Waals surface area contributed by atoms with Gasteiger partial charge in [0.05, 0.1) is 13.2 Å². The predicted molar refractivity (Wildman–Crippen MR) is 71.9 cm³/mol. The van der Waals surface area contributed by atoms with Gasteiger partial charge in [0.2, 0.25) is 0 Å². The molecule has 0 radical (unpaired) electrons. The average Bonchev–Trinajstić information content (AvgIpc) is 2.97. The van der Waals surface area contributed by atoms with Crippen LogP contribution in [0.2, 0.25) is 0 Å². The number of hydrogen-bond donors (Lipinski definition) is 0. The van der Waals surface area contributed by atoms with Crippen LogP contribution in [-0.2, 0) is 0 Å². The van der Waals surface area contributed by atoms with E-state index in [0.29, 0.717) is 0 Å². The van der Waals surface area contributed by atoms with Gasteiger partial charge in [-0.25, -0.2) is 4.39 Å². The van der Waals surface area contributed by atoms with Crippen molar-refractivity contribution in [1.29, 1.82) is 5.26 Å². The maximum Gasteiger partial charge on any atom is 0.261 e. The van der Waals surface area contributed by atoms with Gasteiger partial charge in [-0.15, -0.1) is 0 Å². The third kappa shape index (κ3) is 2.74. The lowest BCUT2D eigenvalue weighted by molar-refractivity contribution is 0.0701. The van der Waals surface area contributed by atoms with E-state index in [9.17, 15) is 9.18 Å². The van der Waals surface area contributed by atoms with Crippen molar-refractivity contribution < 1.29 is 13.9 Å². The van der Waals surface area contributed by atoms with Gasteiger partial charge in [0, 0.05) is 6.04 Å². The van der Waals surface area contributed by atoms with Crippen LogP contribution in [0.25, 0.3) is 0 Å². The third-order valence-electron chi connectivity index (χ3n) is 3.68. The van der Waals surface area contributed by atoms with Crippen LogP contribution in [0.15, 0.2) is 18.2 Å². The number of carbonyl (C=O) groups excluding carboxylic acids is 1. The molecule has 1 aromatic carbocycles. The van der Waals surface area contributed by atoms with Gasteiger partial charge in [0.25, 0.3) is 5.91 Å². The number of benzene rings is 1. The van der Waals surface area contributed by atoms with E-state index in [0.717, 1.165) is 25.7 Å². The number of halogens is 1. The summed E-state index contributed by atoms with van der Waals surface area (Å²) in [6, 6.07) is 6.29. The van der Waals surface area contributed by atoms with Gasteiger partial charge >= 0.3 is 0 Å². The predicted octanol–water partition coefficient (Wildman–Crippen LogP) is 2.74. The first-order valence-electron chi connectivity index (χ1n) is 6.69. The van der Waals surface area contributed by atoms with Crippen molar-refractivity contribution in [3.05, 3.63) is 29.6 Å². The van der Waals surface area contributed by atoms with Crippen LogP contribution < -0.4 is 4.74 Å². The Hall–Kier alpha value is -2.09. The quantitative estimate of drug-likeness (QED) is 0.794. The summed E-state index contributed by atoms with van der Waals surface area (Å²) in [4.78, 5) is 14.0. The second-order valence-corrected chi connectivity index (χ2v) is 4.85. The molecule has 0 unspecified atom stereocenters. The van der Waals surface area contributed by atoms with Gasteiger partial charge in [-0.3, -0.25) is 4.79 Å². The summed E-state index contributed by atoms with van der Waals surface area (Å²) in [5.74, 6) is -0.875. The molecule has 0 aliphatic heterocycles. The summed E-state index contributed by atoms with van der Waals surface area (Å²) in [5.41, 5.74) is -0.0860. The molecule has 20 heavy (non-hydrogen) atoms. The topological polar surface area (TPSA) is 53.3 Å². The van der Waals surface area contributed by atoms with Crippen LogP contribution >= 0.6 is 0 Å². The van der Waals surface area contributed by atoms with E-state index >= 15 is 0 Å². The average molecular weight is 276 g/mol. The van der Waals surface area contributed by atoms with Gasteiger partial charge in [0.15, 0.2) is 0 Å². The molecule has 1 saturated carbocycles. The van der Waals surface area contributed by atoms with E-state index in [1.165, 1.54) is 24.1 Å². The molecule has 4 nitrogen and oxygen atoms in total. The molecular formula is C15H17FN2O2. The lowest BCUT2D eigenvalue weighted by Crippen LogP contribution is -2.39. The zero-order valence-corrected chi connectivity index (χ0v) is 11.4. The zero-order chi connectivity index (χ0) is 14.5. The number of ether oxygens (including phenoxy) is 1. The monoisotopic (exact) mass is 276 g/mol. The summed E-state index contributed by atoms with van der Waals surface area (Å²) < 4.78 is 19.0. The van der Waals surface area contributed by atoms with E-state index in [4.69, 9.17) is 10.00 Å². The highest BCUT2D eigenvalue weighted by Crippen LogP contribution is 2.28. The fraction of sp³-hybridized carbons (Fsp3) is 0.467. The van der Waals surface area contributed by atoms with Crippen molar-refractivity contribution in [3.63, 3.8) is 0 Å². The Morgan fingerprint density at radius 1 is 1.50 bits per heavy atom. The van der Waals surface area contributed by atoms with Crippen molar-refractivity contribution in [2.45, 2.75) is 31.7 Å². The molecule has 1 aliphatic rings. The molecule has 1 aromatic rings. The zero-order valence-electron chi connectivity index (χ0n) is 11.4. The molecule has 0 saturated heterocycles. The standard InChI is InChI=1S/C15H17FN2O2/c1-20-13-8-4-7-12(16)14(13)15(19)18(10-9-17)11-5-2-3-6-11/h4,7-8,11H,2-3,5-6,10H2,1H3. The minimum absolute atomic E-state index is 0.0199. The third-order valence-corrected chi connectivity index (χ3v) is 3.68. The fourth-order valence-corrected chi connectivity index (χ4v) is 2.68. The number of nitrogens with zero attached hydrogens (tertiary/aromatic N) is 2. The van der Waals surface area contributed by atoms with Gasteiger partial charge in [-0.2, -0.15) is 5.26 Å². The minimum Gasteiger partial charge on any atom is -0.496 e. The second-order valence-electron chi connectivity index (χ2n) is 4.85. The minimum atomic E-state index is -0.615. The molecule has 0 spiro atoms.